The fourth-order valence-electron chi connectivity index (χ4n) is 2.60. The van der Waals surface area contributed by atoms with E-state index in [1.165, 1.54) is 5.56 Å². The highest BCUT2D eigenvalue weighted by atomic mass is 16.5. The number of nitrogens with one attached hydrogen (secondary N) is 1. The normalized spacial score (nSPS) is 21.4. The summed E-state index contributed by atoms with van der Waals surface area (Å²) < 4.78 is 11.6. The Hall–Kier alpha value is -0.840. The van der Waals surface area contributed by atoms with E-state index >= 15 is 0 Å². The third-order valence-electron chi connectivity index (χ3n) is 3.69. The Morgan fingerprint density at radius 3 is 3.00 bits per heavy atom. The van der Waals surface area contributed by atoms with Gasteiger partial charge in [-0.2, -0.15) is 0 Å². The van der Waals surface area contributed by atoms with Crippen LogP contribution in [0.1, 0.15) is 44.3 Å². The minimum atomic E-state index is 0.315. The zero-order valence-electron chi connectivity index (χ0n) is 13.2. The maximum absolute atomic E-state index is 5.90. The Labute approximate surface area is 122 Å². The largest absolute Gasteiger partial charge is 0.465 e. The molecule has 0 radical (unpaired) electrons. The lowest BCUT2D eigenvalue weighted by atomic mass is 10.2. The van der Waals surface area contributed by atoms with Crippen molar-refractivity contribution < 1.29 is 9.15 Å². The van der Waals surface area contributed by atoms with Crippen molar-refractivity contribution >= 4 is 0 Å². The molecule has 1 N–H and O–H groups in total. The summed E-state index contributed by atoms with van der Waals surface area (Å²) in [6.45, 7) is 13.2. The van der Waals surface area contributed by atoms with Crippen LogP contribution in [0.5, 0.6) is 0 Å². The van der Waals surface area contributed by atoms with Crippen molar-refractivity contribution in [3.05, 3.63) is 23.2 Å². The average molecular weight is 280 g/mol. The van der Waals surface area contributed by atoms with Crippen molar-refractivity contribution in [2.24, 2.45) is 0 Å². The van der Waals surface area contributed by atoms with Crippen LogP contribution in [0.25, 0.3) is 0 Å². The average Bonchev–Trinajstić information content (AvgIpc) is 2.57. The molecule has 0 bridgehead atoms. The van der Waals surface area contributed by atoms with Gasteiger partial charge in [0.1, 0.15) is 11.5 Å². The van der Waals surface area contributed by atoms with Gasteiger partial charge in [-0.25, -0.2) is 0 Å². The Kier molecular flexibility index (Phi) is 5.64. The maximum atomic E-state index is 5.90. The molecular weight excluding hydrogens is 252 g/mol. The van der Waals surface area contributed by atoms with E-state index in [0.717, 1.165) is 50.7 Å². The van der Waals surface area contributed by atoms with Gasteiger partial charge in [0.05, 0.1) is 12.6 Å². The van der Waals surface area contributed by atoms with Gasteiger partial charge in [0.25, 0.3) is 0 Å². The van der Waals surface area contributed by atoms with Crippen LogP contribution in [-0.2, 0) is 17.8 Å². The second-order valence-corrected chi connectivity index (χ2v) is 6.10. The predicted molar refractivity (Wildman–Crippen MR) is 80.7 cm³/mol. The van der Waals surface area contributed by atoms with Gasteiger partial charge in [0.15, 0.2) is 0 Å². The molecule has 1 aliphatic rings. The molecule has 0 saturated carbocycles. The summed E-state index contributed by atoms with van der Waals surface area (Å²) in [6.07, 6.45) is 1.42. The van der Waals surface area contributed by atoms with Gasteiger partial charge in [0, 0.05) is 37.8 Å². The van der Waals surface area contributed by atoms with Gasteiger partial charge in [-0.3, -0.25) is 4.90 Å². The number of hydrogen-bond donors (Lipinski definition) is 1. The first-order valence-electron chi connectivity index (χ1n) is 7.70. The summed E-state index contributed by atoms with van der Waals surface area (Å²) in [5.41, 5.74) is 1.27. The highest BCUT2D eigenvalue weighted by Gasteiger charge is 2.17. The van der Waals surface area contributed by atoms with E-state index < -0.39 is 0 Å². The van der Waals surface area contributed by atoms with Crippen molar-refractivity contribution in [2.75, 3.05) is 19.7 Å². The van der Waals surface area contributed by atoms with Crippen molar-refractivity contribution in [3.63, 3.8) is 0 Å². The molecule has 1 aromatic rings. The lowest BCUT2D eigenvalue weighted by molar-refractivity contribution is 0.0658. The molecule has 20 heavy (non-hydrogen) atoms. The molecule has 1 aromatic heterocycles. The van der Waals surface area contributed by atoms with Crippen LogP contribution in [0, 0.1) is 6.92 Å². The SMILES string of the molecule is Cc1oc(CN2CCCOC(C)C2)cc1CNC(C)C. The van der Waals surface area contributed by atoms with Crippen LogP contribution in [0.3, 0.4) is 0 Å². The zero-order valence-corrected chi connectivity index (χ0v) is 13.2. The molecule has 2 heterocycles. The molecule has 0 aliphatic carbocycles. The Balaban J connectivity index is 1.93. The topological polar surface area (TPSA) is 37.6 Å². The Morgan fingerprint density at radius 1 is 1.45 bits per heavy atom. The molecule has 114 valence electrons. The zero-order chi connectivity index (χ0) is 14.5. The number of furan rings is 1. The van der Waals surface area contributed by atoms with E-state index in [1.807, 2.05) is 0 Å². The van der Waals surface area contributed by atoms with E-state index in [4.69, 9.17) is 9.15 Å². The van der Waals surface area contributed by atoms with Crippen molar-refractivity contribution in [1.29, 1.82) is 0 Å². The lowest BCUT2D eigenvalue weighted by Gasteiger charge is -2.20. The first-order chi connectivity index (χ1) is 9.54. The Bertz CT molecular complexity index is 415. The fourth-order valence-corrected chi connectivity index (χ4v) is 2.60. The predicted octanol–water partition coefficient (Wildman–Crippen LogP) is 2.70. The number of ether oxygens (including phenoxy) is 1. The third kappa shape index (κ3) is 4.62. The van der Waals surface area contributed by atoms with Crippen molar-refractivity contribution in [3.8, 4) is 0 Å². The molecule has 1 aliphatic heterocycles. The van der Waals surface area contributed by atoms with Gasteiger partial charge < -0.3 is 14.5 Å². The summed E-state index contributed by atoms with van der Waals surface area (Å²) in [5.74, 6) is 2.10. The van der Waals surface area contributed by atoms with Crippen LogP contribution in [0.15, 0.2) is 10.5 Å². The molecular formula is C16H28N2O2. The van der Waals surface area contributed by atoms with E-state index in [9.17, 15) is 0 Å². The quantitative estimate of drug-likeness (QED) is 0.900. The van der Waals surface area contributed by atoms with Crippen LogP contribution in [-0.4, -0.2) is 36.7 Å². The van der Waals surface area contributed by atoms with Gasteiger partial charge >= 0.3 is 0 Å². The molecule has 4 heteroatoms. The molecule has 1 atom stereocenters. The van der Waals surface area contributed by atoms with E-state index in [-0.39, 0.29) is 0 Å². The summed E-state index contributed by atoms with van der Waals surface area (Å²) in [6, 6.07) is 2.69. The minimum Gasteiger partial charge on any atom is -0.465 e. The van der Waals surface area contributed by atoms with Crippen LogP contribution in [0.2, 0.25) is 0 Å². The highest BCUT2D eigenvalue weighted by molar-refractivity contribution is 5.20. The molecule has 1 unspecified atom stereocenters. The van der Waals surface area contributed by atoms with Crippen LogP contribution < -0.4 is 5.32 Å². The maximum Gasteiger partial charge on any atom is 0.118 e. The Morgan fingerprint density at radius 2 is 2.25 bits per heavy atom. The van der Waals surface area contributed by atoms with E-state index in [1.54, 1.807) is 0 Å². The van der Waals surface area contributed by atoms with Gasteiger partial charge in [0.2, 0.25) is 0 Å². The van der Waals surface area contributed by atoms with Gasteiger partial charge in [-0.1, -0.05) is 13.8 Å². The molecule has 0 amide bonds. The van der Waals surface area contributed by atoms with Gasteiger partial charge in [-0.15, -0.1) is 0 Å². The van der Waals surface area contributed by atoms with E-state index in [0.29, 0.717) is 12.1 Å². The summed E-state index contributed by atoms with van der Waals surface area (Å²) in [4.78, 5) is 2.43. The van der Waals surface area contributed by atoms with Crippen LogP contribution in [0.4, 0.5) is 0 Å². The smallest absolute Gasteiger partial charge is 0.118 e. The number of hydrogen-bond acceptors (Lipinski definition) is 4. The number of nitrogens with zero attached hydrogens (tertiary/aromatic N) is 1. The van der Waals surface area contributed by atoms with Crippen LogP contribution >= 0.6 is 0 Å². The summed E-state index contributed by atoms with van der Waals surface area (Å²) in [7, 11) is 0. The third-order valence-corrected chi connectivity index (χ3v) is 3.69. The van der Waals surface area contributed by atoms with Crippen molar-refractivity contribution in [1.82, 2.24) is 10.2 Å². The molecule has 1 fully saturated rings. The summed E-state index contributed by atoms with van der Waals surface area (Å²) in [5, 5.41) is 3.44. The van der Waals surface area contributed by atoms with Crippen molar-refractivity contribution in [2.45, 2.75) is 59.4 Å². The summed E-state index contributed by atoms with van der Waals surface area (Å²) >= 11 is 0. The first-order valence-corrected chi connectivity index (χ1v) is 7.70. The molecule has 4 nitrogen and oxygen atoms in total. The molecule has 1 saturated heterocycles. The lowest BCUT2D eigenvalue weighted by Crippen LogP contribution is -2.29. The number of aryl methyl sites for hydroxylation is 1. The second kappa shape index (κ2) is 7.25. The first kappa shape index (κ1) is 15.5. The second-order valence-electron chi connectivity index (χ2n) is 6.10. The number of rotatable bonds is 5. The van der Waals surface area contributed by atoms with E-state index in [2.05, 4.69) is 44.0 Å². The minimum absolute atomic E-state index is 0.315. The molecule has 0 aromatic carbocycles. The fraction of sp³-hybridized carbons (Fsp3) is 0.750. The molecule has 2 rings (SSSR count). The molecule has 0 spiro atoms. The highest BCUT2D eigenvalue weighted by Crippen LogP contribution is 2.18. The van der Waals surface area contributed by atoms with Gasteiger partial charge in [-0.05, 0) is 26.3 Å². The standard InChI is InChI=1S/C16H28N2O2/c1-12(2)17-9-15-8-16(20-14(15)4)11-18-6-5-7-19-13(3)10-18/h8,12-13,17H,5-7,9-11H2,1-4H3. The monoisotopic (exact) mass is 280 g/mol.